The number of hydrogen-bond acceptors (Lipinski definition) is 5. The Balaban J connectivity index is 2.01. The topological polar surface area (TPSA) is 65.1 Å². The van der Waals surface area contributed by atoms with E-state index in [4.69, 9.17) is 14.2 Å². The summed E-state index contributed by atoms with van der Waals surface area (Å²) < 4.78 is 15.8. The molecule has 1 aromatic rings. The van der Waals surface area contributed by atoms with Crippen molar-refractivity contribution < 1.29 is 23.8 Å². The standard InChI is InChI=1S/C18H25NO5/c1-4-13(2)17-15(10-16(20)22-3)24-12-19(17)18(21)23-11-14-8-6-5-7-9-14/h5-9,13,15,17H,4,10-12H2,1-3H3/t13-,15-,17+/m0/s1. The summed E-state index contributed by atoms with van der Waals surface area (Å²) in [6.07, 6.45) is 0.218. The largest absolute Gasteiger partial charge is 0.469 e. The van der Waals surface area contributed by atoms with Crippen molar-refractivity contribution in [2.24, 2.45) is 5.92 Å². The van der Waals surface area contributed by atoms with Gasteiger partial charge in [0.2, 0.25) is 0 Å². The van der Waals surface area contributed by atoms with Crippen LogP contribution in [0.2, 0.25) is 0 Å². The van der Waals surface area contributed by atoms with Gasteiger partial charge >= 0.3 is 12.1 Å². The highest BCUT2D eigenvalue weighted by atomic mass is 16.6. The van der Waals surface area contributed by atoms with Gasteiger partial charge in [-0.3, -0.25) is 9.69 Å². The molecule has 0 aromatic heterocycles. The Kier molecular flexibility index (Phi) is 6.61. The average molecular weight is 335 g/mol. The van der Waals surface area contributed by atoms with Crippen LogP contribution in [0.25, 0.3) is 0 Å². The number of benzene rings is 1. The zero-order valence-electron chi connectivity index (χ0n) is 14.4. The molecule has 6 nitrogen and oxygen atoms in total. The first-order valence-corrected chi connectivity index (χ1v) is 8.22. The monoisotopic (exact) mass is 335 g/mol. The van der Waals surface area contributed by atoms with Crippen LogP contribution < -0.4 is 0 Å². The van der Waals surface area contributed by atoms with Gasteiger partial charge in [-0.2, -0.15) is 0 Å². The molecule has 0 bridgehead atoms. The number of rotatable bonds is 6. The van der Waals surface area contributed by atoms with E-state index in [9.17, 15) is 9.59 Å². The number of esters is 1. The molecule has 0 unspecified atom stereocenters. The van der Waals surface area contributed by atoms with Crippen LogP contribution in [0.5, 0.6) is 0 Å². The van der Waals surface area contributed by atoms with E-state index in [0.29, 0.717) is 0 Å². The molecule has 1 amide bonds. The molecule has 1 saturated heterocycles. The smallest absolute Gasteiger partial charge is 0.412 e. The molecule has 0 N–H and O–H groups in total. The first-order valence-electron chi connectivity index (χ1n) is 8.22. The summed E-state index contributed by atoms with van der Waals surface area (Å²) in [5, 5.41) is 0. The molecule has 0 aliphatic carbocycles. The number of nitrogens with zero attached hydrogens (tertiary/aromatic N) is 1. The molecule has 2 rings (SSSR count). The Hall–Kier alpha value is -2.08. The number of carbonyl (C=O) groups is 2. The predicted octanol–water partition coefficient (Wildman–Crippen LogP) is 2.96. The SMILES string of the molecule is CC[C@H](C)[C@@H]1[C@H](CC(=O)OC)OCN1C(=O)OCc1ccccc1. The highest BCUT2D eigenvalue weighted by Gasteiger charge is 2.42. The fourth-order valence-corrected chi connectivity index (χ4v) is 2.88. The lowest BCUT2D eigenvalue weighted by atomic mass is 9.92. The lowest BCUT2D eigenvalue weighted by Gasteiger charge is -2.29. The van der Waals surface area contributed by atoms with E-state index < -0.39 is 6.09 Å². The third-order valence-electron chi connectivity index (χ3n) is 4.43. The average Bonchev–Trinajstić information content (AvgIpc) is 3.03. The van der Waals surface area contributed by atoms with Crippen LogP contribution in [0.15, 0.2) is 30.3 Å². The lowest BCUT2D eigenvalue weighted by molar-refractivity contribution is -0.143. The molecule has 0 saturated carbocycles. The molecular formula is C18H25NO5. The van der Waals surface area contributed by atoms with Gasteiger partial charge in [0, 0.05) is 0 Å². The second-order valence-electron chi connectivity index (χ2n) is 6.00. The number of methoxy groups -OCH3 is 1. The van der Waals surface area contributed by atoms with Crippen molar-refractivity contribution in [2.75, 3.05) is 13.8 Å². The summed E-state index contributed by atoms with van der Waals surface area (Å²) in [5.41, 5.74) is 0.928. The Labute approximate surface area is 142 Å². The zero-order valence-corrected chi connectivity index (χ0v) is 14.4. The summed E-state index contributed by atoms with van der Waals surface area (Å²) in [4.78, 5) is 25.6. The first kappa shape index (κ1) is 18.3. The van der Waals surface area contributed by atoms with Crippen LogP contribution in [0.4, 0.5) is 4.79 Å². The fourth-order valence-electron chi connectivity index (χ4n) is 2.88. The summed E-state index contributed by atoms with van der Waals surface area (Å²) in [7, 11) is 1.35. The Morgan fingerprint density at radius 2 is 2.04 bits per heavy atom. The van der Waals surface area contributed by atoms with Crippen LogP contribution >= 0.6 is 0 Å². The molecular weight excluding hydrogens is 310 g/mol. The van der Waals surface area contributed by atoms with Gasteiger partial charge in [0.05, 0.1) is 25.7 Å². The van der Waals surface area contributed by atoms with Gasteiger partial charge < -0.3 is 14.2 Å². The summed E-state index contributed by atoms with van der Waals surface area (Å²) in [6, 6.07) is 9.32. The fraction of sp³-hybridized carbons (Fsp3) is 0.556. The van der Waals surface area contributed by atoms with E-state index in [1.165, 1.54) is 7.11 Å². The van der Waals surface area contributed by atoms with Crippen molar-refractivity contribution in [3.63, 3.8) is 0 Å². The number of hydrogen-bond donors (Lipinski definition) is 0. The minimum absolute atomic E-state index is 0.129. The van der Waals surface area contributed by atoms with E-state index in [-0.39, 0.29) is 43.8 Å². The van der Waals surface area contributed by atoms with Gasteiger partial charge in [0.1, 0.15) is 13.3 Å². The molecule has 1 aliphatic heterocycles. The highest BCUT2D eigenvalue weighted by molar-refractivity contribution is 5.71. The molecule has 1 aliphatic rings. The van der Waals surface area contributed by atoms with Gasteiger partial charge in [0.15, 0.2) is 0 Å². The number of amides is 1. The second-order valence-corrected chi connectivity index (χ2v) is 6.00. The molecule has 1 heterocycles. The zero-order chi connectivity index (χ0) is 17.5. The first-order chi connectivity index (χ1) is 11.6. The van der Waals surface area contributed by atoms with Crippen molar-refractivity contribution in [2.45, 2.75) is 45.4 Å². The Morgan fingerprint density at radius 3 is 2.67 bits per heavy atom. The molecule has 3 atom stereocenters. The molecule has 132 valence electrons. The van der Waals surface area contributed by atoms with Gasteiger partial charge in [-0.25, -0.2) is 4.79 Å². The van der Waals surface area contributed by atoms with Crippen molar-refractivity contribution in [3.8, 4) is 0 Å². The van der Waals surface area contributed by atoms with E-state index in [2.05, 4.69) is 0 Å². The molecule has 1 fully saturated rings. The van der Waals surface area contributed by atoms with E-state index >= 15 is 0 Å². The molecule has 6 heteroatoms. The second kappa shape index (κ2) is 8.68. The normalized spacial score (nSPS) is 21.4. The third-order valence-corrected chi connectivity index (χ3v) is 4.43. The minimum atomic E-state index is -0.420. The van der Waals surface area contributed by atoms with E-state index in [0.717, 1.165) is 12.0 Å². The summed E-state index contributed by atoms with van der Waals surface area (Å²) in [5.74, 6) is -0.153. The van der Waals surface area contributed by atoms with Gasteiger partial charge in [-0.15, -0.1) is 0 Å². The van der Waals surface area contributed by atoms with E-state index in [1.54, 1.807) is 4.90 Å². The molecule has 24 heavy (non-hydrogen) atoms. The maximum atomic E-state index is 12.5. The third kappa shape index (κ3) is 4.47. The van der Waals surface area contributed by atoms with Crippen LogP contribution in [-0.4, -0.2) is 42.9 Å². The molecule has 0 radical (unpaired) electrons. The van der Waals surface area contributed by atoms with Crippen molar-refractivity contribution >= 4 is 12.1 Å². The van der Waals surface area contributed by atoms with Gasteiger partial charge in [-0.05, 0) is 11.5 Å². The lowest BCUT2D eigenvalue weighted by Crippen LogP contribution is -2.44. The van der Waals surface area contributed by atoms with Crippen LogP contribution in [-0.2, 0) is 25.6 Å². The number of carbonyl (C=O) groups excluding carboxylic acids is 2. The minimum Gasteiger partial charge on any atom is -0.469 e. The maximum Gasteiger partial charge on any atom is 0.412 e. The predicted molar refractivity (Wildman–Crippen MR) is 88.1 cm³/mol. The maximum absolute atomic E-state index is 12.5. The summed E-state index contributed by atoms with van der Waals surface area (Å²) >= 11 is 0. The van der Waals surface area contributed by atoms with Gasteiger partial charge in [0.25, 0.3) is 0 Å². The molecule has 1 aromatic carbocycles. The van der Waals surface area contributed by atoms with Crippen molar-refractivity contribution in [1.82, 2.24) is 4.90 Å². The van der Waals surface area contributed by atoms with Crippen molar-refractivity contribution in [1.29, 1.82) is 0 Å². The summed E-state index contributed by atoms with van der Waals surface area (Å²) in [6.45, 7) is 4.43. The van der Waals surface area contributed by atoms with Gasteiger partial charge in [-0.1, -0.05) is 50.6 Å². The Morgan fingerprint density at radius 1 is 1.33 bits per heavy atom. The van der Waals surface area contributed by atoms with Crippen LogP contribution in [0.1, 0.15) is 32.3 Å². The van der Waals surface area contributed by atoms with E-state index in [1.807, 2.05) is 44.2 Å². The number of ether oxygens (including phenoxy) is 3. The van der Waals surface area contributed by atoms with Crippen molar-refractivity contribution in [3.05, 3.63) is 35.9 Å². The quantitative estimate of drug-likeness (QED) is 0.748. The molecule has 0 spiro atoms. The van der Waals surface area contributed by atoms with Crippen LogP contribution in [0, 0.1) is 5.92 Å². The highest BCUT2D eigenvalue weighted by Crippen LogP contribution is 2.29. The van der Waals surface area contributed by atoms with Crippen LogP contribution in [0.3, 0.4) is 0 Å². The Bertz CT molecular complexity index is 548.